The largest absolute Gasteiger partial charge is 0.417 e. The van der Waals surface area contributed by atoms with Gasteiger partial charge in [0, 0.05) is 31.4 Å². The SMILES string of the molecule is Cl.FC(F)(F)c1ccc(N2C3CCC2CNC3)nc1. The van der Waals surface area contributed by atoms with Crippen molar-refractivity contribution in [2.45, 2.75) is 31.1 Å². The molecule has 2 unspecified atom stereocenters. The lowest BCUT2D eigenvalue weighted by Gasteiger charge is -2.36. The van der Waals surface area contributed by atoms with Gasteiger partial charge in [-0.15, -0.1) is 12.4 Å². The van der Waals surface area contributed by atoms with Gasteiger partial charge >= 0.3 is 6.18 Å². The van der Waals surface area contributed by atoms with Crippen molar-refractivity contribution in [1.82, 2.24) is 10.3 Å². The number of halogens is 4. The summed E-state index contributed by atoms with van der Waals surface area (Å²) in [5.74, 6) is 0.664. The van der Waals surface area contributed by atoms with Crippen molar-refractivity contribution >= 4 is 18.2 Å². The zero-order valence-corrected chi connectivity index (χ0v) is 11.0. The number of nitrogens with one attached hydrogen (secondary N) is 1. The second-order valence-corrected chi connectivity index (χ2v) is 4.85. The Hall–Kier alpha value is -1.01. The van der Waals surface area contributed by atoms with E-state index in [-0.39, 0.29) is 12.4 Å². The quantitative estimate of drug-likeness (QED) is 0.862. The molecule has 2 atom stereocenters. The van der Waals surface area contributed by atoms with Gasteiger partial charge in [-0.05, 0) is 25.0 Å². The summed E-state index contributed by atoms with van der Waals surface area (Å²) in [6, 6.07) is 3.34. The number of alkyl halides is 3. The maximum Gasteiger partial charge on any atom is 0.417 e. The fourth-order valence-corrected chi connectivity index (χ4v) is 2.86. The first-order valence-corrected chi connectivity index (χ1v) is 6.08. The van der Waals surface area contributed by atoms with Gasteiger partial charge in [0.25, 0.3) is 0 Å². The number of hydrogen-bond acceptors (Lipinski definition) is 3. The van der Waals surface area contributed by atoms with Gasteiger partial charge in [0.2, 0.25) is 0 Å². The van der Waals surface area contributed by atoms with Crippen LogP contribution >= 0.6 is 12.4 Å². The second kappa shape index (κ2) is 5.17. The van der Waals surface area contributed by atoms with E-state index in [0.717, 1.165) is 38.2 Å². The van der Waals surface area contributed by atoms with Gasteiger partial charge in [-0.25, -0.2) is 4.98 Å². The third kappa shape index (κ3) is 2.65. The summed E-state index contributed by atoms with van der Waals surface area (Å²) in [4.78, 5) is 6.15. The molecular weight excluding hydrogens is 279 g/mol. The van der Waals surface area contributed by atoms with Gasteiger partial charge in [0.05, 0.1) is 5.56 Å². The molecule has 0 aromatic carbocycles. The smallest absolute Gasteiger partial charge is 0.348 e. The summed E-state index contributed by atoms with van der Waals surface area (Å²) in [6.45, 7) is 1.78. The Morgan fingerprint density at radius 2 is 1.79 bits per heavy atom. The van der Waals surface area contributed by atoms with Crippen molar-refractivity contribution in [3.8, 4) is 0 Å². The highest BCUT2D eigenvalue weighted by molar-refractivity contribution is 5.85. The van der Waals surface area contributed by atoms with Gasteiger partial charge in [0.15, 0.2) is 0 Å². The normalized spacial score (nSPS) is 26.2. The van der Waals surface area contributed by atoms with Crippen molar-refractivity contribution in [3.63, 3.8) is 0 Å². The molecule has 0 amide bonds. The molecule has 1 N–H and O–H groups in total. The summed E-state index contributed by atoms with van der Waals surface area (Å²) in [7, 11) is 0. The molecular formula is C12H15ClF3N3. The number of fused-ring (bicyclic) bond motifs is 2. The Labute approximate surface area is 115 Å². The number of rotatable bonds is 1. The van der Waals surface area contributed by atoms with E-state index in [1.54, 1.807) is 0 Å². The van der Waals surface area contributed by atoms with Gasteiger partial charge in [-0.3, -0.25) is 0 Å². The Kier molecular flexibility index (Phi) is 3.92. The molecule has 0 radical (unpaired) electrons. The molecule has 7 heteroatoms. The van der Waals surface area contributed by atoms with Crippen LogP contribution in [0, 0.1) is 0 Å². The van der Waals surface area contributed by atoms with Crippen LogP contribution in [-0.4, -0.2) is 30.2 Å². The fourth-order valence-electron chi connectivity index (χ4n) is 2.86. The first-order chi connectivity index (χ1) is 8.55. The number of aromatic nitrogens is 1. The summed E-state index contributed by atoms with van der Waals surface area (Å²) < 4.78 is 37.4. The molecule has 1 aromatic heterocycles. The van der Waals surface area contributed by atoms with Gasteiger partial charge in [0.1, 0.15) is 5.82 Å². The Bertz CT molecular complexity index is 419. The van der Waals surface area contributed by atoms with E-state index < -0.39 is 11.7 Å². The van der Waals surface area contributed by atoms with Crippen LogP contribution in [0.5, 0.6) is 0 Å². The maximum absolute atomic E-state index is 12.5. The van der Waals surface area contributed by atoms with Gasteiger partial charge in [-0.1, -0.05) is 0 Å². The minimum absolute atomic E-state index is 0. The van der Waals surface area contributed by atoms with Crippen molar-refractivity contribution in [1.29, 1.82) is 0 Å². The molecule has 19 heavy (non-hydrogen) atoms. The summed E-state index contributed by atoms with van der Waals surface area (Å²) in [6.07, 6.45) is -1.22. The molecule has 3 heterocycles. The Morgan fingerprint density at radius 1 is 1.16 bits per heavy atom. The molecule has 2 fully saturated rings. The molecule has 2 saturated heterocycles. The van der Waals surface area contributed by atoms with E-state index in [4.69, 9.17) is 0 Å². The predicted octanol–water partition coefficient (Wildman–Crippen LogP) is 2.46. The van der Waals surface area contributed by atoms with E-state index in [1.807, 2.05) is 0 Å². The molecule has 2 bridgehead atoms. The van der Waals surface area contributed by atoms with Crippen LogP contribution in [-0.2, 0) is 6.18 Å². The maximum atomic E-state index is 12.5. The van der Waals surface area contributed by atoms with Crippen LogP contribution < -0.4 is 10.2 Å². The predicted molar refractivity (Wildman–Crippen MR) is 68.6 cm³/mol. The van der Waals surface area contributed by atoms with E-state index in [2.05, 4.69) is 15.2 Å². The second-order valence-electron chi connectivity index (χ2n) is 4.85. The third-order valence-electron chi connectivity index (χ3n) is 3.72. The first kappa shape index (κ1) is 14.4. The van der Waals surface area contributed by atoms with Crippen molar-refractivity contribution in [2.24, 2.45) is 0 Å². The fraction of sp³-hybridized carbons (Fsp3) is 0.583. The number of nitrogens with zero attached hydrogens (tertiary/aromatic N) is 2. The average molecular weight is 294 g/mol. The molecule has 0 spiro atoms. The van der Waals surface area contributed by atoms with Crippen LogP contribution in [0.2, 0.25) is 0 Å². The van der Waals surface area contributed by atoms with Crippen molar-refractivity contribution < 1.29 is 13.2 Å². The Balaban J connectivity index is 0.00000133. The van der Waals surface area contributed by atoms with E-state index >= 15 is 0 Å². The van der Waals surface area contributed by atoms with Crippen LogP contribution in [0.4, 0.5) is 19.0 Å². The molecule has 106 valence electrons. The number of anilines is 1. The van der Waals surface area contributed by atoms with E-state index in [9.17, 15) is 13.2 Å². The highest BCUT2D eigenvalue weighted by atomic mass is 35.5. The third-order valence-corrected chi connectivity index (χ3v) is 3.72. The lowest BCUT2D eigenvalue weighted by Crippen LogP contribution is -2.52. The monoisotopic (exact) mass is 293 g/mol. The minimum atomic E-state index is -4.31. The number of hydrogen-bond donors (Lipinski definition) is 1. The van der Waals surface area contributed by atoms with E-state index in [0.29, 0.717) is 17.9 Å². The molecule has 2 aliphatic heterocycles. The van der Waals surface area contributed by atoms with Gasteiger partial charge < -0.3 is 10.2 Å². The summed E-state index contributed by atoms with van der Waals surface area (Å²) >= 11 is 0. The molecule has 2 aliphatic rings. The minimum Gasteiger partial charge on any atom is -0.348 e. The lowest BCUT2D eigenvalue weighted by molar-refractivity contribution is -0.137. The van der Waals surface area contributed by atoms with Crippen LogP contribution in [0.15, 0.2) is 18.3 Å². The highest BCUT2D eigenvalue weighted by Crippen LogP contribution is 2.33. The lowest BCUT2D eigenvalue weighted by atomic mass is 10.2. The first-order valence-electron chi connectivity index (χ1n) is 6.08. The highest BCUT2D eigenvalue weighted by Gasteiger charge is 2.37. The topological polar surface area (TPSA) is 28.2 Å². The Morgan fingerprint density at radius 3 is 2.26 bits per heavy atom. The zero-order valence-electron chi connectivity index (χ0n) is 10.2. The molecule has 1 aromatic rings. The van der Waals surface area contributed by atoms with Crippen molar-refractivity contribution in [2.75, 3.05) is 18.0 Å². The summed E-state index contributed by atoms with van der Waals surface area (Å²) in [5, 5.41) is 3.33. The molecule has 3 rings (SSSR count). The zero-order chi connectivity index (χ0) is 12.8. The molecule has 3 nitrogen and oxygen atoms in total. The van der Waals surface area contributed by atoms with Crippen LogP contribution in [0.3, 0.4) is 0 Å². The van der Waals surface area contributed by atoms with Crippen molar-refractivity contribution in [3.05, 3.63) is 23.9 Å². The van der Waals surface area contributed by atoms with Crippen LogP contribution in [0.25, 0.3) is 0 Å². The van der Waals surface area contributed by atoms with E-state index in [1.165, 1.54) is 6.07 Å². The standard InChI is InChI=1S/C12H14F3N3.ClH/c13-12(14,15)8-1-4-11(17-5-8)18-9-2-3-10(18)7-16-6-9;/h1,4-5,9-10,16H,2-3,6-7H2;1H. The molecule has 0 saturated carbocycles. The van der Waals surface area contributed by atoms with Gasteiger partial charge in [-0.2, -0.15) is 13.2 Å². The number of piperazine rings is 1. The summed E-state index contributed by atoms with van der Waals surface area (Å²) in [5.41, 5.74) is -0.686. The van der Waals surface area contributed by atoms with Crippen LogP contribution in [0.1, 0.15) is 18.4 Å². The average Bonchev–Trinajstić information content (AvgIpc) is 2.58. The molecule has 0 aliphatic carbocycles. The number of pyridine rings is 1.